The number of methoxy groups -OCH3 is 1. The van der Waals surface area contributed by atoms with Gasteiger partial charge in [0.1, 0.15) is 5.75 Å². The van der Waals surface area contributed by atoms with Crippen molar-refractivity contribution in [2.75, 3.05) is 20.2 Å². The lowest BCUT2D eigenvalue weighted by Gasteiger charge is -2.33. The molecule has 134 valence electrons. The van der Waals surface area contributed by atoms with Crippen LogP contribution in [0.5, 0.6) is 5.75 Å². The van der Waals surface area contributed by atoms with Gasteiger partial charge in [0.25, 0.3) is 0 Å². The summed E-state index contributed by atoms with van der Waals surface area (Å²) in [5, 5.41) is 0. The van der Waals surface area contributed by atoms with Gasteiger partial charge in [-0.3, -0.25) is 4.79 Å². The van der Waals surface area contributed by atoms with Gasteiger partial charge in [0.05, 0.1) is 13.5 Å². The van der Waals surface area contributed by atoms with Crippen molar-refractivity contribution in [3.63, 3.8) is 0 Å². The van der Waals surface area contributed by atoms with Gasteiger partial charge in [0, 0.05) is 19.5 Å². The van der Waals surface area contributed by atoms with Crippen LogP contribution in [-0.4, -0.2) is 37.2 Å². The van der Waals surface area contributed by atoms with Gasteiger partial charge in [-0.15, -0.1) is 0 Å². The summed E-state index contributed by atoms with van der Waals surface area (Å²) in [7, 11) is 1.63. The normalized spacial score (nSPS) is 18.5. The van der Waals surface area contributed by atoms with Gasteiger partial charge in [-0.1, -0.05) is 12.1 Å². The van der Waals surface area contributed by atoms with Gasteiger partial charge >= 0.3 is 6.18 Å². The average molecular weight is 343 g/mol. The Morgan fingerprint density at radius 3 is 2.62 bits per heavy atom. The van der Waals surface area contributed by atoms with Gasteiger partial charge in [-0.2, -0.15) is 13.2 Å². The lowest BCUT2D eigenvalue weighted by atomic mass is 9.91. The fourth-order valence-corrected chi connectivity index (χ4v) is 3.10. The van der Waals surface area contributed by atoms with E-state index in [0.717, 1.165) is 31.4 Å². The van der Waals surface area contributed by atoms with Crippen LogP contribution >= 0.6 is 0 Å². The first kappa shape index (κ1) is 18.6. The Bertz CT molecular complexity index is 528. The fraction of sp³-hybridized carbons (Fsp3) is 0.611. The second-order valence-corrected chi connectivity index (χ2v) is 6.35. The van der Waals surface area contributed by atoms with Crippen LogP contribution < -0.4 is 4.74 Å². The molecule has 3 nitrogen and oxygen atoms in total. The molecule has 1 aromatic rings. The maximum Gasteiger partial charge on any atom is 0.389 e. The predicted octanol–water partition coefficient (Wildman–Crippen LogP) is 4.21. The van der Waals surface area contributed by atoms with Crippen LogP contribution in [0.15, 0.2) is 24.3 Å². The molecule has 0 aromatic heterocycles. The summed E-state index contributed by atoms with van der Waals surface area (Å²) < 4.78 is 41.9. The molecule has 1 fully saturated rings. The number of benzene rings is 1. The Labute approximate surface area is 140 Å². The van der Waals surface area contributed by atoms with Crippen LogP contribution in [0.4, 0.5) is 13.2 Å². The van der Waals surface area contributed by atoms with Crippen LogP contribution in [0.1, 0.15) is 37.7 Å². The van der Waals surface area contributed by atoms with Gasteiger partial charge in [0.15, 0.2) is 0 Å². The number of alkyl halides is 3. The first-order valence-electron chi connectivity index (χ1n) is 8.35. The molecule has 1 heterocycles. The number of aryl methyl sites for hydroxylation is 1. The fourth-order valence-electron chi connectivity index (χ4n) is 3.10. The zero-order valence-electron chi connectivity index (χ0n) is 13.9. The standard InChI is InChI=1S/C18H24F3NO2/c1-24-16-8-6-14(7-9-16)4-5-15-3-2-12-22(13-15)17(23)10-11-18(19,20)21/h6-9,15H,2-5,10-13H2,1H3/t15-/m0/s1. The summed E-state index contributed by atoms with van der Waals surface area (Å²) in [6.45, 7) is 1.16. The Morgan fingerprint density at radius 2 is 2.00 bits per heavy atom. The average Bonchev–Trinajstić information content (AvgIpc) is 2.58. The summed E-state index contributed by atoms with van der Waals surface area (Å²) in [4.78, 5) is 13.6. The molecule has 2 rings (SSSR count). The topological polar surface area (TPSA) is 29.5 Å². The molecule has 0 radical (unpaired) electrons. The number of likely N-dealkylation sites (tertiary alicyclic amines) is 1. The van der Waals surface area contributed by atoms with Crippen LogP contribution in [0.2, 0.25) is 0 Å². The highest BCUT2D eigenvalue weighted by molar-refractivity contribution is 5.76. The third kappa shape index (κ3) is 6.06. The van der Waals surface area contributed by atoms with Crippen LogP contribution in [0.25, 0.3) is 0 Å². The smallest absolute Gasteiger partial charge is 0.389 e. The van der Waals surface area contributed by atoms with E-state index in [0.29, 0.717) is 19.0 Å². The molecule has 1 aromatic carbocycles. The number of piperidine rings is 1. The quantitative estimate of drug-likeness (QED) is 0.774. The van der Waals surface area contributed by atoms with Crippen molar-refractivity contribution < 1.29 is 22.7 Å². The number of carbonyl (C=O) groups is 1. The Morgan fingerprint density at radius 1 is 1.29 bits per heavy atom. The van der Waals surface area contributed by atoms with Crippen LogP contribution in [0, 0.1) is 5.92 Å². The zero-order valence-corrected chi connectivity index (χ0v) is 13.9. The molecular formula is C18H24F3NO2. The highest BCUT2D eigenvalue weighted by Gasteiger charge is 2.30. The van der Waals surface area contributed by atoms with Crippen LogP contribution in [0.3, 0.4) is 0 Å². The molecule has 0 bridgehead atoms. The molecule has 0 spiro atoms. The summed E-state index contributed by atoms with van der Waals surface area (Å²) in [5.41, 5.74) is 1.20. The summed E-state index contributed by atoms with van der Waals surface area (Å²) in [6, 6.07) is 7.88. The minimum Gasteiger partial charge on any atom is -0.497 e. The van der Waals surface area contributed by atoms with E-state index in [4.69, 9.17) is 4.74 Å². The molecule has 0 aliphatic carbocycles. The second-order valence-electron chi connectivity index (χ2n) is 6.35. The Balaban J connectivity index is 1.78. The van der Waals surface area contributed by atoms with Crippen molar-refractivity contribution >= 4 is 5.91 Å². The third-order valence-electron chi connectivity index (χ3n) is 4.49. The molecule has 1 aliphatic rings. The number of hydrogen-bond donors (Lipinski definition) is 0. The zero-order chi connectivity index (χ0) is 17.6. The number of carbonyl (C=O) groups excluding carboxylic acids is 1. The van der Waals surface area contributed by atoms with Gasteiger partial charge in [0.2, 0.25) is 5.91 Å². The van der Waals surface area contributed by atoms with Crippen molar-refractivity contribution in [2.24, 2.45) is 5.92 Å². The van der Waals surface area contributed by atoms with Crippen LogP contribution in [-0.2, 0) is 11.2 Å². The number of amides is 1. The van der Waals surface area contributed by atoms with Crippen molar-refractivity contribution in [1.82, 2.24) is 4.90 Å². The number of hydrogen-bond acceptors (Lipinski definition) is 2. The lowest BCUT2D eigenvalue weighted by molar-refractivity contribution is -0.150. The second kappa shape index (κ2) is 8.40. The largest absolute Gasteiger partial charge is 0.497 e. The molecule has 1 amide bonds. The molecule has 0 unspecified atom stereocenters. The van der Waals surface area contributed by atoms with Crippen molar-refractivity contribution in [3.8, 4) is 5.75 Å². The number of ether oxygens (including phenoxy) is 1. The van der Waals surface area contributed by atoms with Crippen molar-refractivity contribution in [3.05, 3.63) is 29.8 Å². The minimum atomic E-state index is -4.26. The molecule has 6 heteroatoms. The van der Waals surface area contributed by atoms with Gasteiger partial charge in [-0.25, -0.2) is 0 Å². The molecule has 0 saturated carbocycles. The molecule has 1 saturated heterocycles. The van der Waals surface area contributed by atoms with E-state index in [-0.39, 0.29) is 5.91 Å². The minimum absolute atomic E-state index is 0.357. The SMILES string of the molecule is COc1ccc(CC[C@@H]2CCCN(C(=O)CCC(F)(F)F)C2)cc1. The monoisotopic (exact) mass is 343 g/mol. The third-order valence-corrected chi connectivity index (χ3v) is 4.49. The van der Waals surface area contributed by atoms with Crippen molar-refractivity contribution in [1.29, 1.82) is 0 Å². The molecule has 1 atom stereocenters. The van der Waals surface area contributed by atoms with E-state index in [9.17, 15) is 18.0 Å². The molecule has 0 N–H and O–H groups in total. The lowest BCUT2D eigenvalue weighted by Crippen LogP contribution is -2.40. The molecular weight excluding hydrogens is 319 g/mol. The van der Waals surface area contributed by atoms with Gasteiger partial charge < -0.3 is 9.64 Å². The van der Waals surface area contributed by atoms with Crippen molar-refractivity contribution in [2.45, 2.75) is 44.7 Å². The van der Waals surface area contributed by atoms with Gasteiger partial charge in [-0.05, 0) is 49.3 Å². The number of halogens is 3. The van der Waals surface area contributed by atoms with E-state index in [1.807, 2.05) is 24.3 Å². The van der Waals surface area contributed by atoms with E-state index in [1.165, 1.54) is 5.56 Å². The highest BCUT2D eigenvalue weighted by Crippen LogP contribution is 2.25. The van der Waals surface area contributed by atoms with E-state index in [2.05, 4.69) is 0 Å². The maximum absolute atomic E-state index is 12.2. The molecule has 1 aliphatic heterocycles. The summed E-state index contributed by atoms with van der Waals surface area (Å²) in [6.07, 6.45) is -1.99. The Hall–Kier alpha value is -1.72. The summed E-state index contributed by atoms with van der Waals surface area (Å²) >= 11 is 0. The van der Waals surface area contributed by atoms with E-state index in [1.54, 1.807) is 12.0 Å². The van der Waals surface area contributed by atoms with E-state index >= 15 is 0 Å². The first-order valence-corrected chi connectivity index (χ1v) is 8.35. The van der Waals surface area contributed by atoms with E-state index < -0.39 is 19.0 Å². The maximum atomic E-state index is 12.2. The molecule has 24 heavy (non-hydrogen) atoms. The summed E-state index contributed by atoms with van der Waals surface area (Å²) in [5.74, 6) is 0.801. The number of rotatable bonds is 6. The predicted molar refractivity (Wildman–Crippen MR) is 85.9 cm³/mol. The Kier molecular flexibility index (Phi) is 6.52. The number of nitrogens with zero attached hydrogens (tertiary/aromatic N) is 1. The first-order chi connectivity index (χ1) is 11.4. The highest BCUT2D eigenvalue weighted by atomic mass is 19.4.